The molecule has 2 amide bonds. The Morgan fingerprint density at radius 2 is 1.97 bits per heavy atom. The molecular formula is C24H31N5O3S. The van der Waals surface area contributed by atoms with Gasteiger partial charge in [-0.15, -0.1) is 0 Å². The van der Waals surface area contributed by atoms with Crippen molar-refractivity contribution in [2.75, 3.05) is 31.6 Å². The standard InChI is InChI=1S/C24H31N5O3S/c1-13-22(33-24(25-13)26-16(4)30)19-11-18-12-29(14(2)17-5-6-17)23(31)20(18)21(27-19)15(3)28-7-9-32-10-8-28/h11,14-15,17H,5-10,12H2,1-4H3,(H,25,26,30). The Kier molecular flexibility index (Phi) is 5.96. The van der Waals surface area contributed by atoms with Crippen LogP contribution in [-0.2, 0) is 16.1 Å². The van der Waals surface area contributed by atoms with Gasteiger partial charge in [0.2, 0.25) is 5.91 Å². The number of morpholine rings is 1. The molecule has 1 saturated heterocycles. The number of carbonyl (C=O) groups is 2. The first kappa shape index (κ1) is 22.4. The van der Waals surface area contributed by atoms with E-state index in [4.69, 9.17) is 9.72 Å². The molecule has 2 fully saturated rings. The molecule has 5 rings (SSSR count). The van der Waals surface area contributed by atoms with Crippen molar-refractivity contribution in [3.05, 3.63) is 28.6 Å². The van der Waals surface area contributed by atoms with Crippen molar-refractivity contribution in [2.24, 2.45) is 5.92 Å². The molecule has 33 heavy (non-hydrogen) atoms. The highest BCUT2D eigenvalue weighted by Gasteiger charge is 2.41. The summed E-state index contributed by atoms with van der Waals surface area (Å²) in [4.78, 5) is 40.0. The molecule has 4 heterocycles. The number of pyridine rings is 1. The predicted octanol–water partition coefficient (Wildman–Crippen LogP) is 3.62. The Morgan fingerprint density at radius 1 is 1.24 bits per heavy atom. The molecule has 8 nitrogen and oxygen atoms in total. The van der Waals surface area contributed by atoms with Crippen LogP contribution in [0.1, 0.15) is 67.0 Å². The molecule has 1 saturated carbocycles. The van der Waals surface area contributed by atoms with Gasteiger partial charge in [-0.25, -0.2) is 9.97 Å². The molecule has 2 unspecified atom stereocenters. The molecule has 2 aromatic heterocycles. The number of aryl methyl sites for hydroxylation is 1. The van der Waals surface area contributed by atoms with Gasteiger partial charge in [0.25, 0.3) is 5.91 Å². The van der Waals surface area contributed by atoms with Crippen LogP contribution in [0.15, 0.2) is 6.07 Å². The van der Waals surface area contributed by atoms with Crippen LogP contribution in [0.4, 0.5) is 5.13 Å². The lowest BCUT2D eigenvalue weighted by molar-refractivity contribution is -0.114. The van der Waals surface area contributed by atoms with Crippen LogP contribution >= 0.6 is 11.3 Å². The number of aromatic nitrogens is 2. The van der Waals surface area contributed by atoms with Gasteiger partial charge in [0, 0.05) is 32.6 Å². The summed E-state index contributed by atoms with van der Waals surface area (Å²) in [7, 11) is 0. The Bertz CT molecular complexity index is 1090. The van der Waals surface area contributed by atoms with E-state index in [-0.39, 0.29) is 23.9 Å². The number of hydrogen-bond donors (Lipinski definition) is 1. The lowest BCUT2D eigenvalue weighted by Gasteiger charge is -2.32. The molecule has 2 aromatic rings. The van der Waals surface area contributed by atoms with Gasteiger partial charge >= 0.3 is 0 Å². The van der Waals surface area contributed by atoms with Gasteiger partial charge in [-0.05, 0) is 51.2 Å². The molecule has 9 heteroatoms. The number of fused-ring (bicyclic) bond motifs is 1. The van der Waals surface area contributed by atoms with Gasteiger partial charge in [0.1, 0.15) is 0 Å². The predicted molar refractivity (Wildman–Crippen MR) is 127 cm³/mol. The second-order valence-corrected chi connectivity index (χ2v) is 10.4. The highest BCUT2D eigenvalue weighted by Crippen LogP contribution is 2.42. The quantitative estimate of drug-likeness (QED) is 0.695. The van der Waals surface area contributed by atoms with E-state index in [1.54, 1.807) is 0 Å². The van der Waals surface area contributed by atoms with Crippen LogP contribution in [0.2, 0.25) is 0 Å². The summed E-state index contributed by atoms with van der Waals surface area (Å²) in [5, 5.41) is 3.35. The minimum absolute atomic E-state index is 0.00535. The number of amides is 2. The molecule has 1 aliphatic carbocycles. The number of thiazole rings is 1. The van der Waals surface area contributed by atoms with Crippen molar-refractivity contribution in [3.63, 3.8) is 0 Å². The van der Waals surface area contributed by atoms with E-state index in [0.29, 0.717) is 30.8 Å². The van der Waals surface area contributed by atoms with Gasteiger partial charge in [-0.1, -0.05) is 11.3 Å². The van der Waals surface area contributed by atoms with E-state index in [1.165, 1.54) is 31.1 Å². The van der Waals surface area contributed by atoms with Gasteiger partial charge in [0.15, 0.2) is 5.13 Å². The Labute approximate surface area is 198 Å². The van der Waals surface area contributed by atoms with Crippen molar-refractivity contribution in [1.82, 2.24) is 19.8 Å². The van der Waals surface area contributed by atoms with E-state index >= 15 is 0 Å². The highest BCUT2D eigenvalue weighted by molar-refractivity contribution is 7.19. The second-order valence-electron chi connectivity index (χ2n) is 9.38. The fourth-order valence-corrected chi connectivity index (χ4v) is 5.92. The van der Waals surface area contributed by atoms with Crippen LogP contribution in [-0.4, -0.2) is 63.9 Å². The Morgan fingerprint density at radius 3 is 2.64 bits per heavy atom. The van der Waals surface area contributed by atoms with E-state index in [9.17, 15) is 9.59 Å². The van der Waals surface area contributed by atoms with Crippen molar-refractivity contribution in [2.45, 2.75) is 59.2 Å². The molecule has 1 N–H and O–H groups in total. The van der Waals surface area contributed by atoms with Crippen molar-refractivity contribution in [3.8, 4) is 10.6 Å². The Hall–Kier alpha value is -2.36. The first-order chi connectivity index (χ1) is 15.8. The fourth-order valence-electron chi connectivity index (χ4n) is 4.95. The van der Waals surface area contributed by atoms with E-state index in [2.05, 4.69) is 35.1 Å². The molecule has 176 valence electrons. The zero-order valence-corrected chi connectivity index (χ0v) is 20.5. The minimum atomic E-state index is -0.144. The normalized spacial score (nSPS) is 20.6. The summed E-state index contributed by atoms with van der Waals surface area (Å²) in [6.07, 6.45) is 2.40. The molecule has 2 aliphatic heterocycles. The number of ether oxygens (including phenoxy) is 1. The summed E-state index contributed by atoms with van der Waals surface area (Å²) < 4.78 is 5.55. The third-order valence-corrected chi connectivity index (χ3v) is 8.14. The maximum Gasteiger partial charge on any atom is 0.256 e. The topological polar surface area (TPSA) is 87.7 Å². The van der Waals surface area contributed by atoms with Crippen LogP contribution in [0.5, 0.6) is 0 Å². The number of hydrogen-bond acceptors (Lipinski definition) is 7. The minimum Gasteiger partial charge on any atom is -0.379 e. The van der Waals surface area contributed by atoms with Crippen LogP contribution in [0, 0.1) is 12.8 Å². The summed E-state index contributed by atoms with van der Waals surface area (Å²) in [5.74, 6) is 0.576. The molecule has 3 aliphatic rings. The molecule has 0 aromatic carbocycles. The van der Waals surface area contributed by atoms with E-state index in [0.717, 1.165) is 46.2 Å². The SMILES string of the molecule is CC(=O)Nc1nc(C)c(-c2cc3c(c(C(C)N4CCOCC4)n2)C(=O)N(C(C)C2CC2)C3)s1. The van der Waals surface area contributed by atoms with E-state index < -0.39 is 0 Å². The van der Waals surface area contributed by atoms with Crippen LogP contribution in [0.3, 0.4) is 0 Å². The molecule has 0 spiro atoms. The lowest BCUT2D eigenvalue weighted by Crippen LogP contribution is -2.39. The molecular weight excluding hydrogens is 438 g/mol. The number of carbonyl (C=O) groups excluding carboxylic acids is 2. The summed E-state index contributed by atoms with van der Waals surface area (Å²) in [5.41, 5.74) is 4.31. The second kappa shape index (κ2) is 8.77. The number of anilines is 1. The highest BCUT2D eigenvalue weighted by atomic mass is 32.1. The summed E-state index contributed by atoms with van der Waals surface area (Å²) >= 11 is 1.43. The first-order valence-electron chi connectivity index (χ1n) is 11.8. The Balaban J connectivity index is 1.57. The largest absolute Gasteiger partial charge is 0.379 e. The summed E-state index contributed by atoms with van der Waals surface area (Å²) in [6, 6.07) is 2.31. The first-order valence-corrected chi connectivity index (χ1v) is 12.6. The zero-order chi connectivity index (χ0) is 23.3. The van der Waals surface area contributed by atoms with Crippen molar-refractivity contribution < 1.29 is 14.3 Å². The monoisotopic (exact) mass is 469 g/mol. The molecule has 2 atom stereocenters. The number of nitrogens with one attached hydrogen (secondary N) is 1. The van der Waals surface area contributed by atoms with Gasteiger partial charge < -0.3 is 15.0 Å². The average Bonchev–Trinajstić information content (AvgIpc) is 3.51. The average molecular weight is 470 g/mol. The molecule has 0 bridgehead atoms. The van der Waals surface area contributed by atoms with Gasteiger partial charge in [-0.3, -0.25) is 14.5 Å². The lowest BCUT2D eigenvalue weighted by atomic mass is 10.0. The van der Waals surface area contributed by atoms with Gasteiger partial charge in [-0.2, -0.15) is 0 Å². The zero-order valence-electron chi connectivity index (χ0n) is 19.7. The number of rotatable bonds is 6. The molecule has 0 radical (unpaired) electrons. The third kappa shape index (κ3) is 4.29. The van der Waals surface area contributed by atoms with Crippen LogP contribution < -0.4 is 5.32 Å². The maximum atomic E-state index is 13.6. The van der Waals surface area contributed by atoms with Crippen LogP contribution in [0.25, 0.3) is 10.6 Å². The van der Waals surface area contributed by atoms with Gasteiger partial charge in [0.05, 0.1) is 46.8 Å². The maximum absolute atomic E-state index is 13.6. The van der Waals surface area contributed by atoms with E-state index in [1.807, 2.05) is 11.8 Å². The van der Waals surface area contributed by atoms with Crippen molar-refractivity contribution in [1.29, 1.82) is 0 Å². The summed E-state index contributed by atoms with van der Waals surface area (Å²) in [6.45, 7) is 11.4. The van der Waals surface area contributed by atoms with Crippen molar-refractivity contribution >= 4 is 28.3 Å². The third-order valence-electron chi connectivity index (χ3n) is 7.04. The fraction of sp³-hybridized carbons (Fsp3) is 0.583. The smallest absolute Gasteiger partial charge is 0.256 e. The number of nitrogens with zero attached hydrogens (tertiary/aromatic N) is 4.